The summed E-state index contributed by atoms with van der Waals surface area (Å²) < 4.78 is 27.5. The van der Waals surface area contributed by atoms with Gasteiger partial charge in [-0.05, 0) is 24.6 Å². The number of aryl methyl sites for hydroxylation is 1. The summed E-state index contributed by atoms with van der Waals surface area (Å²) in [6.45, 7) is 2.50. The van der Waals surface area contributed by atoms with E-state index in [0.717, 1.165) is 27.9 Å². The molecule has 4 rings (SSSR count). The van der Waals surface area contributed by atoms with Gasteiger partial charge in [-0.15, -0.1) is 0 Å². The zero-order valence-corrected chi connectivity index (χ0v) is 17.4. The Balaban J connectivity index is 1.51. The van der Waals surface area contributed by atoms with Crippen LogP contribution in [-0.4, -0.2) is 36.4 Å². The van der Waals surface area contributed by atoms with Gasteiger partial charge < -0.3 is 4.90 Å². The Morgan fingerprint density at radius 1 is 1.07 bits per heavy atom. The molecule has 0 saturated carbocycles. The first-order valence-electron chi connectivity index (χ1n) is 9.35. The smallest absolute Gasteiger partial charge is 0.323 e. The fourth-order valence-corrected chi connectivity index (χ4v) is 4.20. The standard InChI is InChI=1S/C21H21N5O3S/c1-14-3-9-17(10-4-14)30(28,29)24-11-15-5-7-16(8-6-15)19-18-12-26(2)21(27)25-20(18)23-13-22-19/h3-10,13,24H,11-12H2,1-2H3,(H,22,23,25,27). The van der Waals surface area contributed by atoms with Crippen LogP contribution < -0.4 is 10.0 Å². The number of sulfonamides is 1. The topological polar surface area (TPSA) is 104 Å². The molecule has 2 N–H and O–H groups in total. The number of anilines is 1. The van der Waals surface area contributed by atoms with Crippen molar-refractivity contribution in [2.24, 2.45) is 0 Å². The van der Waals surface area contributed by atoms with Gasteiger partial charge in [0.2, 0.25) is 10.0 Å². The zero-order valence-electron chi connectivity index (χ0n) is 16.6. The number of carbonyl (C=O) groups is 1. The second kappa shape index (κ2) is 7.85. The van der Waals surface area contributed by atoms with E-state index in [9.17, 15) is 13.2 Å². The number of nitrogens with one attached hydrogen (secondary N) is 2. The van der Waals surface area contributed by atoms with Crippen molar-refractivity contribution in [3.05, 3.63) is 71.5 Å². The van der Waals surface area contributed by atoms with Gasteiger partial charge in [0.15, 0.2) is 0 Å². The maximum atomic E-state index is 12.5. The molecule has 0 saturated heterocycles. The Bertz CT molecular complexity index is 1190. The minimum Gasteiger partial charge on any atom is -0.323 e. The molecule has 0 radical (unpaired) electrons. The van der Waals surface area contributed by atoms with Gasteiger partial charge in [0.05, 0.1) is 17.1 Å². The van der Waals surface area contributed by atoms with Crippen LogP contribution in [0.2, 0.25) is 0 Å². The van der Waals surface area contributed by atoms with Crippen LogP contribution in [0.5, 0.6) is 0 Å². The van der Waals surface area contributed by atoms with E-state index in [-0.39, 0.29) is 17.5 Å². The second-order valence-electron chi connectivity index (χ2n) is 7.17. The summed E-state index contributed by atoms with van der Waals surface area (Å²) in [5.74, 6) is 0.512. The summed E-state index contributed by atoms with van der Waals surface area (Å²) in [5.41, 5.74) is 4.26. The number of urea groups is 1. The van der Waals surface area contributed by atoms with Gasteiger partial charge in [0, 0.05) is 24.7 Å². The van der Waals surface area contributed by atoms with Crippen molar-refractivity contribution in [1.29, 1.82) is 0 Å². The van der Waals surface area contributed by atoms with Crippen molar-refractivity contribution in [3.63, 3.8) is 0 Å². The Morgan fingerprint density at radius 2 is 1.77 bits per heavy atom. The van der Waals surface area contributed by atoms with Gasteiger partial charge in [0.25, 0.3) is 0 Å². The first kappa shape index (κ1) is 20.0. The van der Waals surface area contributed by atoms with Gasteiger partial charge in [-0.3, -0.25) is 5.32 Å². The highest BCUT2D eigenvalue weighted by Gasteiger charge is 2.24. The average molecular weight is 423 g/mol. The monoisotopic (exact) mass is 423 g/mol. The van der Waals surface area contributed by atoms with Crippen LogP contribution in [0.1, 0.15) is 16.7 Å². The van der Waals surface area contributed by atoms with Crippen LogP contribution in [0.4, 0.5) is 10.6 Å². The van der Waals surface area contributed by atoms with Crippen molar-refractivity contribution >= 4 is 21.9 Å². The van der Waals surface area contributed by atoms with E-state index in [0.29, 0.717) is 12.4 Å². The third-order valence-electron chi connectivity index (χ3n) is 4.94. The predicted octanol–water partition coefficient (Wildman–Crippen LogP) is 2.91. The van der Waals surface area contributed by atoms with Crippen molar-refractivity contribution in [2.75, 3.05) is 12.4 Å². The van der Waals surface area contributed by atoms with E-state index in [1.165, 1.54) is 6.33 Å². The maximum Gasteiger partial charge on any atom is 0.323 e. The number of carbonyl (C=O) groups excluding carboxylic acids is 1. The molecule has 1 aliphatic heterocycles. The maximum absolute atomic E-state index is 12.5. The van der Waals surface area contributed by atoms with Gasteiger partial charge in [-0.25, -0.2) is 27.9 Å². The summed E-state index contributed by atoms with van der Waals surface area (Å²) in [4.78, 5) is 22.2. The van der Waals surface area contributed by atoms with E-state index in [2.05, 4.69) is 20.0 Å². The van der Waals surface area contributed by atoms with Crippen LogP contribution in [0.25, 0.3) is 11.3 Å². The molecule has 0 atom stereocenters. The molecule has 0 unspecified atom stereocenters. The lowest BCUT2D eigenvalue weighted by molar-refractivity contribution is 0.218. The summed E-state index contributed by atoms with van der Waals surface area (Å²) >= 11 is 0. The van der Waals surface area contributed by atoms with Crippen LogP contribution in [0, 0.1) is 6.92 Å². The molecule has 1 aromatic heterocycles. The van der Waals surface area contributed by atoms with Crippen molar-refractivity contribution in [1.82, 2.24) is 19.6 Å². The SMILES string of the molecule is Cc1ccc(S(=O)(=O)NCc2ccc(-c3ncnc4c3CN(C)C(=O)N4)cc2)cc1. The molecule has 9 heteroatoms. The number of rotatable bonds is 5. The minimum absolute atomic E-state index is 0.178. The summed E-state index contributed by atoms with van der Waals surface area (Å²) in [6, 6.07) is 14.0. The lowest BCUT2D eigenvalue weighted by Crippen LogP contribution is -2.36. The molecule has 1 aliphatic rings. The third kappa shape index (κ3) is 4.03. The first-order chi connectivity index (χ1) is 14.3. The molecule has 0 aliphatic carbocycles. The average Bonchev–Trinajstić information content (AvgIpc) is 2.73. The normalized spacial score (nSPS) is 13.7. The largest absolute Gasteiger partial charge is 0.323 e. The summed E-state index contributed by atoms with van der Waals surface area (Å²) in [6.07, 6.45) is 1.42. The fraction of sp³-hybridized carbons (Fsp3) is 0.190. The number of hydrogen-bond donors (Lipinski definition) is 2. The van der Waals surface area contributed by atoms with Crippen LogP contribution >= 0.6 is 0 Å². The number of fused-ring (bicyclic) bond motifs is 1. The Hall–Kier alpha value is -3.30. The summed E-state index contributed by atoms with van der Waals surface area (Å²) in [5, 5.41) is 2.75. The van der Waals surface area contributed by atoms with Gasteiger partial charge in [-0.1, -0.05) is 42.0 Å². The molecule has 2 aromatic carbocycles. The van der Waals surface area contributed by atoms with E-state index in [4.69, 9.17) is 0 Å². The molecule has 30 heavy (non-hydrogen) atoms. The molecule has 0 bridgehead atoms. The highest BCUT2D eigenvalue weighted by Crippen LogP contribution is 2.29. The number of aromatic nitrogens is 2. The Kier molecular flexibility index (Phi) is 5.23. The number of nitrogens with zero attached hydrogens (tertiary/aromatic N) is 3. The Labute approximate surface area is 175 Å². The second-order valence-corrected chi connectivity index (χ2v) is 8.94. The van der Waals surface area contributed by atoms with Crippen LogP contribution in [0.15, 0.2) is 59.8 Å². The van der Waals surface area contributed by atoms with E-state index < -0.39 is 10.0 Å². The van der Waals surface area contributed by atoms with Crippen LogP contribution in [0.3, 0.4) is 0 Å². The zero-order chi connectivity index (χ0) is 21.3. The lowest BCUT2D eigenvalue weighted by Gasteiger charge is -2.26. The minimum atomic E-state index is -3.58. The highest BCUT2D eigenvalue weighted by atomic mass is 32.2. The number of amides is 2. The molecular weight excluding hydrogens is 402 g/mol. The molecule has 0 spiro atoms. The third-order valence-corrected chi connectivity index (χ3v) is 6.35. The van der Waals surface area contributed by atoms with Crippen molar-refractivity contribution < 1.29 is 13.2 Å². The fourth-order valence-electron chi connectivity index (χ4n) is 3.18. The van der Waals surface area contributed by atoms with Crippen LogP contribution in [-0.2, 0) is 23.1 Å². The molecular formula is C21H21N5O3S. The molecule has 154 valence electrons. The Morgan fingerprint density at radius 3 is 2.47 bits per heavy atom. The van der Waals surface area contributed by atoms with Gasteiger partial charge >= 0.3 is 6.03 Å². The van der Waals surface area contributed by atoms with E-state index in [1.54, 1.807) is 36.2 Å². The predicted molar refractivity (Wildman–Crippen MR) is 113 cm³/mol. The molecule has 2 amide bonds. The quantitative estimate of drug-likeness (QED) is 0.657. The van der Waals surface area contributed by atoms with E-state index >= 15 is 0 Å². The summed E-state index contributed by atoms with van der Waals surface area (Å²) in [7, 11) is -1.87. The highest BCUT2D eigenvalue weighted by molar-refractivity contribution is 7.89. The molecule has 0 fully saturated rings. The lowest BCUT2D eigenvalue weighted by atomic mass is 10.0. The first-order valence-corrected chi connectivity index (χ1v) is 10.8. The molecule has 3 aromatic rings. The van der Waals surface area contributed by atoms with Crippen molar-refractivity contribution in [2.45, 2.75) is 24.9 Å². The van der Waals surface area contributed by atoms with E-state index in [1.807, 2.05) is 31.2 Å². The number of hydrogen-bond acceptors (Lipinski definition) is 5. The van der Waals surface area contributed by atoms with Crippen molar-refractivity contribution in [3.8, 4) is 11.3 Å². The van der Waals surface area contributed by atoms with Gasteiger partial charge in [-0.2, -0.15) is 0 Å². The number of benzene rings is 2. The molecule has 2 heterocycles. The molecule has 8 nitrogen and oxygen atoms in total. The van der Waals surface area contributed by atoms with Gasteiger partial charge in [0.1, 0.15) is 12.1 Å².